The van der Waals surface area contributed by atoms with Crippen molar-refractivity contribution >= 4 is 22.7 Å². The molecule has 0 aromatic heterocycles. The molecule has 1 aliphatic heterocycles. The van der Waals surface area contributed by atoms with E-state index in [2.05, 4.69) is 18.0 Å². The Hall–Kier alpha value is -1.09. The minimum absolute atomic E-state index is 0.0148. The van der Waals surface area contributed by atoms with Gasteiger partial charge in [0.15, 0.2) is 5.17 Å². The Kier molecular flexibility index (Phi) is 3.48. The van der Waals surface area contributed by atoms with E-state index in [1.54, 1.807) is 0 Å². The van der Waals surface area contributed by atoms with Gasteiger partial charge in [0, 0.05) is 6.04 Å². The van der Waals surface area contributed by atoms with Crippen LogP contribution in [0.4, 0.5) is 0 Å². The number of carbonyl (C=O) groups is 1. The zero-order chi connectivity index (χ0) is 13.4. The molecule has 0 N–H and O–H groups in total. The Morgan fingerprint density at radius 3 is 2.84 bits per heavy atom. The average Bonchev–Trinajstić information content (AvgIpc) is 2.35. The van der Waals surface area contributed by atoms with Gasteiger partial charge in [-0.05, 0) is 19.3 Å². The van der Waals surface area contributed by atoms with Crippen LogP contribution in [0.5, 0.6) is 0 Å². The van der Waals surface area contributed by atoms with E-state index in [1.807, 2.05) is 23.1 Å². The largest absolute Gasteiger partial charge is 0.325 e. The average molecular weight is 279 g/mol. The summed E-state index contributed by atoms with van der Waals surface area (Å²) < 4.78 is 0. The Morgan fingerprint density at radius 1 is 1.42 bits per heavy atom. The number of amides is 1. The van der Waals surface area contributed by atoms with E-state index in [0.29, 0.717) is 0 Å². The van der Waals surface area contributed by atoms with Crippen LogP contribution in [0.15, 0.2) is 29.3 Å². The van der Waals surface area contributed by atoms with Crippen molar-refractivity contribution in [3.63, 3.8) is 0 Å². The third-order valence-corrected chi connectivity index (χ3v) is 4.71. The third-order valence-electron chi connectivity index (χ3n) is 4.45. The minimum Gasteiger partial charge on any atom is -0.325 e. The first-order chi connectivity index (χ1) is 9.16. The molecule has 3 nitrogen and oxygen atoms in total. The molecule has 102 valence electrons. The number of carbonyl (C=O) groups excluding carboxylic acids is 1. The molecular weight excluding hydrogens is 260 g/mol. The number of allylic oxidation sites excluding steroid dienone is 2. The van der Waals surface area contributed by atoms with Crippen molar-refractivity contribution in [2.45, 2.75) is 50.7 Å². The molecule has 1 saturated carbocycles. The molecule has 0 spiro atoms. The highest BCUT2D eigenvalue weighted by Gasteiger charge is 2.39. The summed E-state index contributed by atoms with van der Waals surface area (Å²) in [6.45, 7) is 2.13. The molecule has 0 aromatic carbocycles. The van der Waals surface area contributed by atoms with Crippen LogP contribution in [-0.4, -0.2) is 34.1 Å². The van der Waals surface area contributed by atoms with Gasteiger partial charge in [0.05, 0.1) is 12.1 Å². The van der Waals surface area contributed by atoms with E-state index >= 15 is 0 Å². The van der Waals surface area contributed by atoms with Crippen LogP contribution in [0, 0.1) is 5.92 Å². The fourth-order valence-corrected chi connectivity index (χ4v) is 3.42. The van der Waals surface area contributed by atoms with Crippen LogP contribution in [-0.2, 0) is 4.79 Å². The Balaban J connectivity index is 1.81. The van der Waals surface area contributed by atoms with E-state index in [1.165, 1.54) is 19.3 Å². The number of fused-ring (bicyclic) bond motifs is 1. The predicted octanol–water partition coefficient (Wildman–Crippen LogP) is 2.91. The summed E-state index contributed by atoms with van der Waals surface area (Å²) >= 11 is 6.01. The van der Waals surface area contributed by atoms with Gasteiger partial charge in [0.25, 0.3) is 5.91 Å². The lowest BCUT2D eigenvalue weighted by Crippen LogP contribution is -2.55. The van der Waals surface area contributed by atoms with Gasteiger partial charge in [-0.2, -0.15) is 0 Å². The first-order valence-corrected chi connectivity index (χ1v) is 7.45. The summed E-state index contributed by atoms with van der Waals surface area (Å²) in [6, 6.07) is 0.250. The van der Waals surface area contributed by atoms with Crippen LogP contribution in [0.25, 0.3) is 0 Å². The van der Waals surface area contributed by atoms with E-state index in [4.69, 9.17) is 11.6 Å². The SMILES string of the molecule is C[C@@H](CC1CCC1)N1C(=O)C(Cl)=NC2C=CC=CC21. The zero-order valence-corrected chi connectivity index (χ0v) is 11.9. The number of hydrogen-bond donors (Lipinski definition) is 0. The van der Waals surface area contributed by atoms with E-state index in [9.17, 15) is 4.79 Å². The Morgan fingerprint density at radius 2 is 2.16 bits per heavy atom. The lowest BCUT2D eigenvalue weighted by atomic mass is 9.80. The number of aliphatic imine (C=N–C) groups is 1. The zero-order valence-electron chi connectivity index (χ0n) is 11.1. The molecule has 2 aliphatic carbocycles. The molecule has 2 unspecified atom stereocenters. The molecule has 19 heavy (non-hydrogen) atoms. The van der Waals surface area contributed by atoms with Gasteiger partial charge in [0.1, 0.15) is 0 Å². The molecule has 1 fully saturated rings. The number of halogens is 1. The molecule has 3 rings (SSSR count). The Labute approximate surface area is 119 Å². The van der Waals surface area contributed by atoms with Crippen molar-refractivity contribution in [2.24, 2.45) is 10.9 Å². The van der Waals surface area contributed by atoms with Crippen molar-refractivity contribution in [2.75, 3.05) is 0 Å². The van der Waals surface area contributed by atoms with Crippen LogP contribution >= 0.6 is 11.6 Å². The molecule has 3 aliphatic rings. The minimum atomic E-state index is -0.116. The number of hydrogen-bond acceptors (Lipinski definition) is 2. The monoisotopic (exact) mass is 278 g/mol. The normalized spacial score (nSPS) is 31.8. The van der Waals surface area contributed by atoms with Crippen LogP contribution in [0.2, 0.25) is 0 Å². The van der Waals surface area contributed by atoms with Crippen LogP contribution < -0.4 is 0 Å². The summed E-state index contributed by atoms with van der Waals surface area (Å²) in [6.07, 6.45) is 13.1. The molecular formula is C15H19ClN2O. The van der Waals surface area contributed by atoms with Crippen LogP contribution in [0.1, 0.15) is 32.6 Å². The molecule has 0 radical (unpaired) electrons. The molecule has 1 heterocycles. The second-order valence-corrected chi connectivity index (χ2v) is 6.12. The molecule has 3 atom stereocenters. The fraction of sp³-hybridized carbons (Fsp3) is 0.600. The van der Waals surface area contributed by atoms with Crippen molar-refractivity contribution in [3.05, 3.63) is 24.3 Å². The van der Waals surface area contributed by atoms with Crippen molar-refractivity contribution in [1.29, 1.82) is 0 Å². The van der Waals surface area contributed by atoms with Gasteiger partial charge in [-0.15, -0.1) is 0 Å². The van der Waals surface area contributed by atoms with Gasteiger partial charge in [-0.1, -0.05) is 55.2 Å². The lowest BCUT2D eigenvalue weighted by molar-refractivity contribution is -0.128. The number of rotatable bonds is 3. The first-order valence-electron chi connectivity index (χ1n) is 7.08. The smallest absolute Gasteiger partial charge is 0.284 e. The highest BCUT2D eigenvalue weighted by molar-refractivity contribution is 6.82. The molecule has 0 aromatic rings. The summed E-state index contributed by atoms with van der Waals surface area (Å²) in [4.78, 5) is 18.5. The van der Waals surface area contributed by atoms with E-state index in [0.717, 1.165) is 12.3 Å². The van der Waals surface area contributed by atoms with E-state index in [-0.39, 0.29) is 29.2 Å². The summed E-state index contributed by atoms with van der Waals surface area (Å²) in [7, 11) is 0. The predicted molar refractivity (Wildman–Crippen MR) is 77.4 cm³/mol. The van der Waals surface area contributed by atoms with Crippen molar-refractivity contribution in [3.8, 4) is 0 Å². The fourth-order valence-electron chi connectivity index (χ4n) is 3.21. The maximum absolute atomic E-state index is 12.3. The molecule has 1 amide bonds. The van der Waals surface area contributed by atoms with Gasteiger partial charge >= 0.3 is 0 Å². The third kappa shape index (κ3) is 2.36. The summed E-state index contributed by atoms with van der Waals surface area (Å²) in [5, 5.41) is 0.127. The van der Waals surface area contributed by atoms with Crippen molar-refractivity contribution < 1.29 is 4.79 Å². The highest BCUT2D eigenvalue weighted by atomic mass is 35.5. The topological polar surface area (TPSA) is 32.7 Å². The van der Waals surface area contributed by atoms with Crippen LogP contribution in [0.3, 0.4) is 0 Å². The van der Waals surface area contributed by atoms with Gasteiger partial charge in [-0.25, -0.2) is 0 Å². The maximum Gasteiger partial charge on any atom is 0.284 e. The molecule has 0 saturated heterocycles. The maximum atomic E-state index is 12.3. The Bertz CT molecular complexity index is 465. The lowest BCUT2D eigenvalue weighted by Gasteiger charge is -2.42. The van der Waals surface area contributed by atoms with Crippen molar-refractivity contribution in [1.82, 2.24) is 4.90 Å². The summed E-state index contributed by atoms with van der Waals surface area (Å²) in [5.74, 6) is 0.664. The quantitative estimate of drug-likeness (QED) is 0.781. The first kappa shape index (κ1) is 12.9. The molecule has 4 heteroatoms. The highest BCUT2D eigenvalue weighted by Crippen LogP contribution is 2.33. The molecule has 0 bridgehead atoms. The van der Waals surface area contributed by atoms with Gasteiger partial charge < -0.3 is 4.90 Å². The van der Waals surface area contributed by atoms with E-state index < -0.39 is 0 Å². The summed E-state index contributed by atoms with van der Waals surface area (Å²) in [5.41, 5.74) is 0. The second-order valence-electron chi connectivity index (χ2n) is 5.76. The standard InChI is InChI=1S/C15H19ClN2O/c1-10(9-11-5-4-6-11)18-13-8-3-2-7-12(13)17-14(16)15(18)19/h2-3,7-8,10-13H,4-6,9H2,1H3/t10-,12?,13?/m0/s1. The second kappa shape index (κ2) is 5.12. The van der Waals surface area contributed by atoms with Gasteiger partial charge in [0.2, 0.25) is 0 Å². The number of nitrogens with zero attached hydrogens (tertiary/aromatic N) is 2. The van der Waals surface area contributed by atoms with Gasteiger partial charge in [-0.3, -0.25) is 9.79 Å².